The molecule has 1 aliphatic rings. The van der Waals surface area contributed by atoms with Crippen LogP contribution in [0.2, 0.25) is 0 Å². The fourth-order valence-electron chi connectivity index (χ4n) is 3.20. The van der Waals surface area contributed by atoms with E-state index >= 15 is 0 Å². The van der Waals surface area contributed by atoms with E-state index in [1.54, 1.807) is 0 Å². The summed E-state index contributed by atoms with van der Waals surface area (Å²) >= 11 is 3.48. The summed E-state index contributed by atoms with van der Waals surface area (Å²) in [6.45, 7) is 0. The van der Waals surface area contributed by atoms with E-state index in [1.807, 2.05) is 18.2 Å². The van der Waals surface area contributed by atoms with Crippen molar-refractivity contribution in [2.45, 2.75) is 25.7 Å². The highest BCUT2D eigenvalue weighted by Gasteiger charge is 2.21. The summed E-state index contributed by atoms with van der Waals surface area (Å²) in [6.07, 6.45) is 4.09. The van der Waals surface area contributed by atoms with Crippen molar-refractivity contribution in [3.63, 3.8) is 0 Å². The Morgan fingerprint density at radius 2 is 2.00 bits per heavy atom. The third-order valence-electron chi connectivity index (χ3n) is 4.12. The molecule has 3 aromatic rings. The van der Waals surface area contributed by atoms with E-state index in [9.17, 15) is 4.79 Å². The maximum absolute atomic E-state index is 12.3. The Hall–Kier alpha value is -1.88. The molecule has 4 nitrogen and oxygen atoms in total. The van der Waals surface area contributed by atoms with Gasteiger partial charge >= 0.3 is 5.63 Å². The minimum absolute atomic E-state index is 0.279. The molecule has 0 spiro atoms. The van der Waals surface area contributed by atoms with E-state index in [2.05, 4.69) is 20.9 Å². The zero-order valence-corrected chi connectivity index (χ0v) is 12.9. The van der Waals surface area contributed by atoms with Crippen molar-refractivity contribution in [1.82, 2.24) is 4.98 Å². The fraction of sp³-hybridized carbons (Fsp3) is 0.250. The molecule has 0 unspecified atom stereocenters. The van der Waals surface area contributed by atoms with E-state index in [4.69, 9.17) is 10.2 Å². The van der Waals surface area contributed by atoms with Crippen molar-refractivity contribution in [1.29, 1.82) is 0 Å². The Morgan fingerprint density at radius 3 is 2.86 bits per heavy atom. The van der Waals surface area contributed by atoms with Gasteiger partial charge in [0.1, 0.15) is 16.8 Å². The standard InChI is InChI=1S/C16H13BrN2O2/c17-8-5-6-12-10(7-8)13-9-3-1-2-4-11(9)19-15(18)14(13)16(20)21-12/h5-7H,1-4H2,(H2,18,19). The van der Waals surface area contributed by atoms with Crippen molar-refractivity contribution >= 4 is 43.5 Å². The number of rotatable bonds is 0. The molecular weight excluding hydrogens is 332 g/mol. The number of aryl methyl sites for hydroxylation is 2. The van der Waals surface area contributed by atoms with E-state index < -0.39 is 5.63 Å². The van der Waals surface area contributed by atoms with Crippen molar-refractivity contribution in [3.8, 4) is 0 Å². The minimum Gasteiger partial charge on any atom is -0.422 e. The van der Waals surface area contributed by atoms with Gasteiger partial charge < -0.3 is 10.2 Å². The van der Waals surface area contributed by atoms with Gasteiger partial charge in [0, 0.05) is 20.9 Å². The van der Waals surface area contributed by atoms with Gasteiger partial charge in [-0.2, -0.15) is 0 Å². The number of benzene rings is 1. The quantitative estimate of drug-likeness (QED) is 0.500. The molecule has 106 valence electrons. The van der Waals surface area contributed by atoms with Gasteiger partial charge in [-0.1, -0.05) is 15.9 Å². The molecule has 2 aromatic heterocycles. The third-order valence-corrected chi connectivity index (χ3v) is 4.61. The highest BCUT2D eigenvalue weighted by Crippen LogP contribution is 2.34. The second kappa shape index (κ2) is 4.56. The van der Waals surface area contributed by atoms with Crippen LogP contribution in [-0.2, 0) is 12.8 Å². The first-order valence-corrected chi connectivity index (χ1v) is 7.78. The Labute approximate surface area is 129 Å². The second-order valence-corrected chi connectivity index (χ2v) is 6.33. The van der Waals surface area contributed by atoms with Crippen LogP contribution in [0, 0.1) is 0 Å². The number of pyridine rings is 1. The van der Waals surface area contributed by atoms with Gasteiger partial charge in [0.25, 0.3) is 0 Å². The number of halogens is 1. The lowest BCUT2D eigenvalue weighted by Crippen LogP contribution is -2.13. The minimum atomic E-state index is -0.404. The molecule has 2 N–H and O–H groups in total. The molecule has 0 bridgehead atoms. The summed E-state index contributed by atoms with van der Waals surface area (Å²) < 4.78 is 6.35. The van der Waals surface area contributed by atoms with E-state index in [-0.39, 0.29) is 5.82 Å². The van der Waals surface area contributed by atoms with Gasteiger partial charge in [0.2, 0.25) is 0 Å². The van der Waals surface area contributed by atoms with Gasteiger partial charge in [0.05, 0.1) is 0 Å². The van der Waals surface area contributed by atoms with Crippen LogP contribution >= 0.6 is 15.9 Å². The average molecular weight is 345 g/mol. The first kappa shape index (κ1) is 12.8. The summed E-state index contributed by atoms with van der Waals surface area (Å²) in [4.78, 5) is 16.7. The molecule has 0 amide bonds. The zero-order valence-electron chi connectivity index (χ0n) is 11.3. The van der Waals surface area contributed by atoms with Crippen molar-refractivity contribution in [2.75, 3.05) is 5.73 Å². The molecule has 0 saturated heterocycles. The molecule has 21 heavy (non-hydrogen) atoms. The van der Waals surface area contributed by atoms with Crippen LogP contribution in [0.15, 0.2) is 31.9 Å². The monoisotopic (exact) mass is 344 g/mol. The first-order valence-electron chi connectivity index (χ1n) is 6.98. The van der Waals surface area contributed by atoms with Gasteiger partial charge in [-0.15, -0.1) is 0 Å². The van der Waals surface area contributed by atoms with Crippen molar-refractivity contribution in [3.05, 3.63) is 44.3 Å². The molecule has 0 atom stereocenters. The Kier molecular flexibility index (Phi) is 2.79. The van der Waals surface area contributed by atoms with Crippen LogP contribution in [0.1, 0.15) is 24.1 Å². The van der Waals surface area contributed by atoms with Gasteiger partial charge in [-0.05, 0) is 49.4 Å². The first-order chi connectivity index (χ1) is 10.1. The number of hydrogen-bond acceptors (Lipinski definition) is 4. The lowest BCUT2D eigenvalue weighted by atomic mass is 9.90. The average Bonchev–Trinajstić information content (AvgIpc) is 2.47. The van der Waals surface area contributed by atoms with E-state index in [0.29, 0.717) is 11.0 Å². The Bertz CT molecular complexity index is 947. The third kappa shape index (κ3) is 1.87. The molecule has 1 aliphatic carbocycles. The van der Waals surface area contributed by atoms with Crippen LogP contribution < -0.4 is 11.4 Å². The lowest BCUT2D eigenvalue weighted by Gasteiger charge is -2.18. The summed E-state index contributed by atoms with van der Waals surface area (Å²) in [5, 5.41) is 2.26. The lowest BCUT2D eigenvalue weighted by molar-refractivity contribution is 0.569. The number of hydrogen-bond donors (Lipinski definition) is 1. The van der Waals surface area contributed by atoms with Crippen molar-refractivity contribution < 1.29 is 4.42 Å². The number of fused-ring (bicyclic) bond motifs is 5. The maximum atomic E-state index is 12.3. The smallest absolute Gasteiger partial charge is 0.347 e. The molecule has 2 heterocycles. The number of nitrogens with two attached hydrogens (primary N) is 1. The summed E-state index contributed by atoms with van der Waals surface area (Å²) in [5.74, 6) is 0.279. The largest absolute Gasteiger partial charge is 0.422 e. The van der Waals surface area contributed by atoms with Crippen LogP contribution in [0.3, 0.4) is 0 Å². The van der Waals surface area contributed by atoms with Crippen LogP contribution in [0.5, 0.6) is 0 Å². The number of nitrogen functional groups attached to an aromatic ring is 1. The van der Waals surface area contributed by atoms with E-state index in [0.717, 1.165) is 52.2 Å². The van der Waals surface area contributed by atoms with E-state index in [1.165, 1.54) is 0 Å². The number of anilines is 1. The van der Waals surface area contributed by atoms with Gasteiger partial charge in [0.15, 0.2) is 0 Å². The second-order valence-electron chi connectivity index (χ2n) is 5.41. The van der Waals surface area contributed by atoms with Gasteiger partial charge in [-0.25, -0.2) is 9.78 Å². The topological polar surface area (TPSA) is 69.1 Å². The van der Waals surface area contributed by atoms with Crippen LogP contribution in [-0.4, -0.2) is 4.98 Å². The normalized spacial score (nSPS) is 14.5. The fourth-order valence-corrected chi connectivity index (χ4v) is 3.56. The van der Waals surface area contributed by atoms with Crippen molar-refractivity contribution in [2.24, 2.45) is 0 Å². The SMILES string of the molecule is Nc1nc2c(c3c1c(=O)oc1ccc(Br)cc13)CCCC2. The molecule has 4 rings (SSSR count). The highest BCUT2D eigenvalue weighted by molar-refractivity contribution is 9.10. The summed E-state index contributed by atoms with van der Waals surface area (Å²) in [7, 11) is 0. The number of aromatic nitrogens is 1. The van der Waals surface area contributed by atoms with Crippen LogP contribution in [0.25, 0.3) is 21.7 Å². The predicted molar refractivity (Wildman–Crippen MR) is 86.5 cm³/mol. The predicted octanol–water partition coefficient (Wildman–Crippen LogP) is 3.56. The molecular formula is C16H13BrN2O2. The summed E-state index contributed by atoms with van der Waals surface area (Å²) in [5.41, 5.74) is 8.39. The molecule has 0 radical (unpaired) electrons. The maximum Gasteiger partial charge on any atom is 0.347 e. The zero-order chi connectivity index (χ0) is 14.6. The molecule has 0 fully saturated rings. The number of nitrogens with zero attached hydrogens (tertiary/aromatic N) is 1. The Morgan fingerprint density at radius 1 is 1.19 bits per heavy atom. The Balaban J connectivity index is 2.31. The molecule has 0 saturated carbocycles. The molecule has 5 heteroatoms. The molecule has 0 aliphatic heterocycles. The van der Waals surface area contributed by atoms with Crippen LogP contribution in [0.4, 0.5) is 5.82 Å². The molecule has 1 aromatic carbocycles. The van der Waals surface area contributed by atoms with Gasteiger partial charge in [-0.3, -0.25) is 0 Å². The summed E-state index contributed by atoms with van der Waals surface area (Å²) in [6, 6.07) is 5.66. The highest BCUT2D eigenvalue weighted by atomic mass is 79.9.